The van der Waals surface area contributed by atoms with Gasteiger partial charge in [0.2, 0.25) is 5.89 Å². The molecule has 0 unspecified atom stereocenters. The molecule has 5 heteroatoms. The monoisotopic (exact) mass is 288 g/mol. The van der Waals surface area contributed by atoms with Gasteiger partial charge in [0.25, 0.3) is 0 Å². The summed E-state index contributed by atoms with van der Waals surface area (Å²) in [6, 6.07) is 8.88. The number of hydrogen-bond donors (Lipinski definition) is 1. The molecule has 0 spiro atoms. The van der Waals surface area contributed by atoms with Crippen LogP contribution in [0.15, 0.2) is 28.7 Å². The third-order valence-corrected chi connectivity index (χ3v) is 3.28. The van der Waals surface area contributed by atoms with E-state index in [-0.39, 0.29) is 0 Å². The molecule has 1 aromatic carbocycles. The smallest absolute Gasteiger partial charge is 0.318 e. The van der Waals surface area contributed by atoms with Crippen LogP contribution in [-0.4, -0.2) is 23.8 Å². The van der Waals surface area contributed by atoms with Crippen LogP contribution in [0.5, 0.6) is 0 Å². The van der Waals surface area contributed by atoms with E-state index in [1.165, 1.54) is 11.1 Å². The first kappa shape index (κ1) is 15.5. The van der Waals surface area contributed by atoms with Gasteiger partial charge in [-0.05, 0) is 30.5 Å². The summed E-state index contributed by atoms with van der Waals surface area (Å²) in [6.45, 7) is 8.76. The first-order valence-electron chi connectivity index (χ1n) is 7.35. The number of rotatable bonds is 7. The highest BCUT2D eigenvalue weighted by Crippen LogP contribution is 2.16. The lowest BCUT2D eigenvalue weighted by atomic mass is 10.1. The minimum Gasteiger partial charge on any atom is -0.407 e. The second-order valence-electron chi connectivity index (χ2n) is 5.79. The summed E-state index contributed by atoms with van der Waals surface area (Å²) in [7, 11) is 1.96. The molecule has 0 saturated heterocycles. The minimum absolute atomic E-state index is 0.555. The predicted octanol–water partition coefficient (Wildman–Crippen LogP) is 2.76. The van der Waals surface area contributed by atoms with Gasteiger partial charge in [0.15, 0.2) is 0 Å². The van der Waals surface area contributed by atoms with Crippen LogP contribution in [0.3, 0.4) is 0 Å². The fraction of sp³-hybridized carbons (Fsp3) is 0.500. The van der Waals surface area contributed by atoms with Crippen molar-refractivity contribution in [3.05, 3.63) is 41.3 Å². The van der Waals surface area contributed by atoms with Crippen molar-refractivity contribution in [1.29, 1.82) is 0 Å². The van der Waals surface area contributed by atoms with Crippen LogP contribution in [0, 0.1) is 12.8 Å². The van der Waals surface area contributed by atoms with Gasteiger partial charge in [0.1, 0.15) is 0 Å². The number of benzene rings is 1. The lowest BCUT2D eigenvalue weighted by Crippen LogP contribution is -2.19. The Kier molecular flexibility index (Phi) is 5.33. The zero-order valence-electron chi connectivity index (χ0n) is 13.3. The van der Waals surface area contributed by atoms with Crippen molar-refractivity contribution >= 4 is 6.01 Å². The molecule has 1 heterocycles. The van der Waals surface area contributed by atoms with E-state index < -0.39 is 0 Å². The van der Waals surface area contributed by atoms with Gasteiger partial charge in [0.05, 0.1) is 6.54 Å². The molecule has 0 bridgehead atoms. The van der Waals surface area contributed by atoms with Crippen molar-refractivity contribution in [3.63, 3.8) is 0 Å². The summed E-state index contributed by atoms with van der Waals surface area (Å²) in [4.78, 5) is 1.97. The van der Waals surface area contributed by atoms with Crippen molar-refractivity contribution in [2.45, 2.75) is 33.9 Å². The molecule has 0 fully saturated rings. The van der Waals surface area contributed by atoms with Crippen LogP contribution >= 0.6 is 0 Å². The lowest BCUT2D eigenvalue weighted by molar-refractivity contribution is 0.450. The summed E-state index contributed by atoms with van der Waals surface area (Å²) in [5, 5.41) is 11.5. The Labute approximate surface area is 126 Å². The maximum Gasteiger partial charge on any atom is 0.318 e. The number of nitrogens with zero attached hydrogens (tertiary/aromatic N) is 3. The average Bonchev–Trinajstić information content (AvgIpc) is 2.90. The first-order valence-corrected chi connectivity index (χ1v) is 7.35. The van der Waals surface area contributed by atoms with E-state index in [1.54, 1.807) is 0 Å². The minimum atomic E-state index is 0.555. The molecule has 0 aliphatic carbocycles. The Morgan fingerprint density at radius 2 is 2.00 bits per heavy atom. The predicted molar refractivity (Wildman–Crippen MR) is 84.1 cm³/mol. The van der Waals surface area contributed by atoms with Crippen LogP contribution < -0.4 is 10.2 Å². The molecule has 2 rings (SSSR count). The average molecular weight is 288 g/mol. The van der Waals surface area contributed by atoms with E-state index in [2.05, 4.69) is 48.4 Å². The largest absolute Gasteiger partial charge is 0.407 e. The summed E-state index contributed by atoms with van der Waals surface area (Å²) in [5.74, 6) is 1.23. The molecule has 1 aromatic heterocycles. The van der Waals surface area contributed by atoms with E-state index in [1.807, 2.05) is 24.1 Å². The Morgan fingerprint density at radius 1 is 1.24 bits per heavy atom. The van der Waals surface area contributed by atoms with Crippen molar-refractivity contribution in [1.82, 2.24) is 15.5 Å². The van der Waals surface area contributed by atoms with Gasteiger partial charge in [0, 0.05) is 13.6 Å². The van der Waals surface area contributed by atoms with Gasteiger partial charge in [-0.25, -0.2) is 0 Å². The standard InChI is InChI=1S/C16H24N4O/c1-12(2)9-17-10-15-18-19-16(21-15)20(4)11-14-8-6-5-7-13(14)3/h5-8,12,17H,9-11H2,1-4H3. The van der Waals surface area contributed by atoms with Gasteiger partial charge in [-0.3, -0.25) is 0 Å². The summed E-state index contributed by atoms with van der Waals surface area (Å²) < 4.78 is 5.68. The molecule has 0 aliphatic heterocycles. The summed E-state index contributed by atoms with van der Waals surface area (Å²) in [5.41, 5.74) is 2.53. The van der Waals surface area contributed by atoms with Gasteiger partial charge in [-0.1, -0.05) is 43.2 Å². The highest BCUT2D eigenvalue weighted by Gasteiger charge is 2.11. The van der Waals surface area contributed by atoms with Gasteiger partial charge in [-0.2, -0.15) is 0 Å². The molecule has 0 saturated carbocycles. The Hall–Kier alpha value is -1.88. The van der Waals surface area contributed by atoms with Crippen molar-refractivity contribution < 1.29 is 4.42 Å². The third-order valence-electron chi connectivity index (χ3n) is 3.28. The van der Waals surface area contributed by atoms with Crippen LogP contribution in [0.1, 0.15) is 30.9 Å². The zero-order chi connectivity index (χ0) is 15.2. The van der Waals surface area contributed by atoms with Crippen LogP contribution in [0.25, 0.3) is 0 Å². The van der Waals surface area contributed by atoms with Crippen molar-refractivity contribution in [2.24, 2.45) is 5.92 Å². The van der Waals surface area contributed by atoms with E-state index in [9.17, 15) is 0 Å². The molecule has 5 nitrogen and oxygen atoms in total. The zero-order valence-corrected chi connectivity index (χ0v) is 13.3. The molecule has 114 valence electrons. The number of aromatic nitrogens is 2. The van der Waals surface area contributed by atoms with E-state index >= 15 is 0 Å². The van der Waals surface area contributed by atoms with Crippen LogP contribution in [0.4, 0.5) is 6.01 Å². The lowest BCUT2D eigenvalue weighted by Gasteiger charge is -2.15. The SMILES string of the molecule is Cc1ccccc1CN(C)c1nnc(CNCC(C)C)o1. The molecule has 1 N–H and O–H groups in total. The van der Waals surface area contributed by atoms with Crippen molar-refractivity contribution in [2.75, 3.05) is 18.5 Å². The van der Waals surface area contributed by atoms with E-state index in [0.717, 1.165) is 13.1 Å². The van der Waals surface area contributed by atoms with Crippen molar-refractivity contribution in [3.8, 4) is 0 Å². The molecule has 21 heavy (non-hydrogen) atoms. The summed E-state index contributed by atoms with van der Waals surface area (Å²) >= 11 is 0. The molecule has 0 radical (unpaired) electrons. The maximum atomic E-state index is 5.68. The first-order chi connectivity index (χ1) is 10.1. The Morgan fingerprint density at radius 3 is 2.71 bits per heavy atom. The third kappa shape index (κ3) is 4.56. The molecule has 0 atom stereocenters. The maximum absolute atomic E-state index is 5.68. The number of hydrogen-bond acceptors (Lipinski definition) is 5. The summed E-state index contributed by atoms with van der Waals surface area (Å²) in [6.07, 6.45) is 0. The Bertz CT molecular complexity index is 565. The van der Waals surface area contributed by atoms with E-state index in [4.69, 9.17) is 4.42 Å². The fourth-order valence-electron chi connectivity index (χ4n) is 2.05. The highest BCUT2D eigenvalue weighted by atomic mass is 16.4. The topological polar surface area (TPSA) is 54.2 Å². The van der Waals surface area contributed by atoms with Crippen LogP contribution in [0.2, 0.25) is 0 Å². The second kappa shape index (κ2) is 7.22. The quantitative estimate of drug-likeness (QED) is 0.849. The normalized spacial score (nSPS) is 11.1. The molecular weight excluding hydrogens is 264 g/mol. The van der Waals surface area contributed by atoms with Crippen LogP contribution in [-0.2, 0) is 13.1 Å². The number of nitrogens with one attached hydrogen (secondary N) is 1. The Balaban J connectivity index is 1.93. The fourth-order valence-corrected chi connectivity index (χ4v) is 2.05. The van der Waals surface area contributed by atoms with Gasteiger partial charge >= 0.3 is 6.01 Å². The molecular formula is C16H24N4O. The number of anilines is 1. The molecule has 2 aromatic rings. The number of aryl methyl sites for hydroxylation is 1. The van der Waals surface area contributed by atoms with Gasteiger partial charge < -0.3 is 14.6 Å². The van der Waals surface area contributed by atoms with E-state index in [0.29, 0.717) is 24.4 Å². The molecule has 0 amide bonds. The highest BCUT2D eigenvalue weighted by molar-refractivity contribution is 5.31. The van der Waals surface area contributed by atoms with Gasteiger partial charge in [-0.15, -0.1) is 5.10 Å². The molecule has 0 aliphatic rings. The second-order valence-corrected chi connectivity index (χ2v) is 5.79.